The van der Waals surface area contributed by atoms with Crippen molar-refractivity contribution >= 4 is 5.91 Å². The van der Waals surface area contributed by atoms with Gasteiger partial charge in [-0.3, -0.25) is 4.79 Å². The number of ether oxygens (including phenoxy) is 1. The lowest BCUT2D eigenvalue weighted by atomic mass is 10.1. The summed E-state index contributed by atoms with van der Waals surface area (Å²) in [4.78, 5) is 11.9. The van der Waals surface area contributed by atoms with Crippen LogP contribution in [0.15, 0.2) is 24.3 Å². The fraction of sp³-hybridized carbons (Fsp3) is 0.562. The van der Waals surface area contributed by atoms with Crippen molar-refractivity contribution in [3.8, 4) is 5.75 Å². The average Bonchev–Trinajstić information content (AvgIpc) is 2.44. The minimum Gasteiger partial charge on any atom is -0.481 e. The van der Waals surface area contributed by atoms with E-state index in [-0.39, 0.29) is 5.91 Å². The van der Waals surface area contributed by atoms with Crippen LogP contribution in [0.4, 0.5) is 0 Å². The topological polar surface area (TPSA) is 58.6 Å². The van der Waals surface area contributed by atoms with Gasteiger partial charge >= 0.3 is 0 Å². The molecule has 20 heavy (non-hydrogen) atoms. The van der Waals surface area contributed by atoms with Crippen molar-refractivity contribution < 1.29 is 14.6 Å². The van der Waals surface area contributed by atoms with Crippen LogP contribution in [-0.2, 0) is 4.79 Å². The summed E-state index contributed by atoms with van der Waals surface area (Å²) in [6, 6.07) is 7.28. The van der Waals surface area contributed by atoms with E-state index < -0.39 is 12.2 Å². The molecule has 4 nitrogen and oxygen atoms in total. The van der Waals surface area contributed by atoms with Crippen molar-refractivity contribution in [2.24, 2.45) is 5.92 Å². The molecule has 0 spiro atoms. The van der Waals surface area contributed by atoms with Crippen LogP contribution < -0.4 is 10.1 Å². The van der Waals surface area contributed by atoms with E-state index in [4.69, 9.17) is 4.74 Å². The average molecular weight is 279 g/mol. The Kier molecular flexibility index (Phi) is 6.52. The smallest absolute Gasteiger partial charge is 0.260 e. The van der Waals surface area contributed by atoms with Crippen molar-refractivity contribution in [3.63, 3.8) is 0 Å². The standard InChI is InChI=1S/C16H25NO3/c1-5-14(18)13-8-6-7-9-15(13)20-12(4)16(19)17-10-11(2)3/h6-9,11-12,14,18H,5,10H2,1-4H3,(H,17,19)/t12?,14-/m1/s1. The van der Waals surface area contributed by atoms with Crippen LogP contribution in [0.5, 0.6) is 5.75 Å². The Bertz CT molecular complexity index is 431. The number of para-hydroxylation sites is 1. The first-order chi connectivity index (χ1) is 9.45. The van der Waals surface area contributed by atoms with Gasteiger partial charge in [0.15, 0.2) is 6.10 Å². The number of hydrogen-bond donors (Lipinski definition) is 2. The number of nitrogens with one attached hydrogen (secondary N) is 1. The van der Waals surface area contributed by atoms with Crippen LogP contribution >= 0.6 is 0 Å². The molecule has 0 heterocycles. The molecule has 2 atom stereocenters. The van der Waals surface area contributed by atoms with Gasteiger partial charge < -0.3 is 15.2 Å². The zero-order valence-corrected chi connectivity index (χ0v) is 12.7. The molecule has 0 aliphatic heterocycles. The summed E-state index contributed by atoms with van der Waals surface area (Å²) < 4.78 is 5.69. The lowest BCUT2D eigenvalue weighted by Gasteiger charge is -2.19. The predicted molar refractivity (Wildman–Crippen MR) is 79.6 cm³/mol. The molecule has 0 bridgehead atoms. The Morgan fingerprint density at radius 3 is 2.55 bits per heavy atom. The van der Waals surface area contributed by atoms with Gasteiger partial charge in [-0.2, -0.15) is 0 Å². The van der Waals surface area contributed by atoms with E-state index in [1.807, 2.05) is 39.0 Å². The first-order valence-corrected chi connectivity index (χ1v) is 7.17. The van der Waals surface area contributed by atoms with E-state index in [2.05, 4.69) is 5.32 Å². The molecule has 0 aromatic heterocycles. The largest absolute Gasteiger partial charge is 0.481 e. The van der Waals surface area contributed by atoms with Crippen LogP contribution in [0.1, 0.15) is 45.8 Å². The lowest BCUT2D eigenvalue weighted by molar-refractivity contribution is -0.127. The molecule has 2 N–H and O–H groups in total. The third-order valence-electron chi connectivity index (χ3n) is 3.02. The molecule has 1 unspecified atom stereocenters. The number of rotatable bonds is 7. The van der Waals surface area contributed by atoms with Crippen LogP contribution in [0.25, 0.3) is 0 Å². The second-order valence-electron chi connectivity index (χ2n) is 5.36. The maximum atomic E-state index is 11.9. The van der Waals surface area contributed by atoms with Crippen molar-refractivity contribution in [1.29, 1.82) is 0 Å². The number of benzene rings is 1. The molecule has 4 heteroatoms. The van der Waals surface area contributed by atoms with Gasteiger partial charge in [-0.05, 0) is 25.3 Å². The summed E-state index contributed by atoms with van der Waals surface area (Å²) in [7, 11) is 0. The van der Waals surface area contributed by atoms with Gasteiger partial charge in [0.2, 0.25) is 0 Å². The zero-order chi connectivity index (χ0) is 15.1. The summed E-state index contributed by atoms with van der Waals surface area (Å²) in [5.41, 5.74) is 0.721. The molecule has 0 radical (unpaired) electrons. The van der Waals surface area contributed by atoms with E-state index in [1.54, 1.807) is 13.0 Å². The second kappa shape index (κ2) is 7.90. The minimum atomic E-state index is -0.584. The highest BCUT2D eigenvalue weighted by Gasteiger charge is 2.18. The molecule has 0 aliphatic rings. The maximum absolute atomic E-state index is 11.9. The number of amides is 1. The molecule has 0 aliphatic carbocycles. The Labute approximate surface area is 121 Å². The molecule has 1 rings (SSSR count). The Balaban J connectivity index is 2.70. The van der Waals surface area contributed by atoms with Crippen molar-refractivity contribution in [2.45, 2.75) is 46.3 Å². The molecule has 0 saturated heterocycles. The van der Waals surface area contributed by atoms with Gasteiger partial charge in [0, 0.05) is 12.1 Å². The molecular formula is C16H25NO3. The van der Waals surface area contributed by atoms with E-state index in [9.17, 15) is 9.90 Å². The van der Waals surface area contributed by atoms with Gasteiger partial charge in [-0.25, -0.2) is 0 Å². The zero-order valence-electron chi connectivity index (χ0n) is 12.7. The van der Waals surface area contributed by atoms with Gasteiger partial charge in [0.25, 0.3) is 5.91 Å². The molecule has 112 valence electrons. The van der Waals surface area contributed by atoms with Gasteiger partial charge in [0.1, 0.15) is 5.75 Å². The van der Waals surface area contributed by atoms with Crippen molar-refractivity contribution in [1.82, 2.24) is 5.32 Å². The summed E-state index contributed by atoms with van der Waals surface area (Å²) in [6.45, 7) is 8.33. The van der Waals surface area contributed by atoms with Gasteiger partial charge in [-0.15, -0.1) is 0 Å². The van der Waals surface area contributed by atoms with E-state index in [0.29, 0.717) is 24.6 Å². The van der Waals surface area contributed by atoms with E-state index in [1.165, 1.54) is 0 Å². The summed E-state index contributed by atoms with van der Waals surface area (Å²) in [5.74, 6) is 0.828. The number of carbonyl (C=O) groups is 1. The SMILES string of the molecule is CC[C@@H](O)c1ccccc1OC(C)C(=O)NCC(C)C. The second-order valence-corrected chi connectivity index (χ2v) is 5.36. The number of aliphatic hydroxyl groups is 1. The van der Waals surface area contributed by atoms with Crippen LogP contribution in [0.3, 0.4) is 0 Å². The van der Waals surface area contributed by atoms with Gasteiger partial charge in [0.05, 0.1) is 6.10 Å². The highest BCUT2D eigenvalue weighted by Crippen LogP contribution is 2.27. The quantitative estimate of drug-likeness (QED) is 0.806. The maximum Gasteiger partial charge on any atom is 0.260 e. The first-order valence-electron chi connectivity index (χ1n) is 7.17. The molecule has 0 saturated carbocycles. The Morgan fingerprint density at radius 1 is 1.30 bits per heavy atom. The third-order valence-corrected chi connectivity index (χ3v) is 3.02. The fourth-order valence-corrected chi connectivity index (χ4v) is 1.78. The van der Waals surface area contributed by atoms with Gasteiger partial charge in [-0.1, -0.05) is 39.0 Å². The van der Waals surface area contributed by atoms with Crippen LogP contribution in [0, 0.1) is 5.92 Å². The fourth-order valence-electron chi connectivity index (χ4n) is 1.78. The summed E-state index contributed by atoms with van der Waals surface area (Å²) >= 11 is 0. The van der Waals surface area contributed by atoms with E-state index in [0.717, 1.165) is 5.56 Å². The molecule has 1 amide bonds. The van der Waals surface area contributed by atoms with Crippen molar-refractivity contribution in [2.75, 3.05) is 6.54 Å². The van der Waals surface area contributed by atoms with Crippen LogP contribution in [-0.4, -0.2) is 23.7 Å². The number of hydrogen-bond acceptors (Lipinski definition) is 3. The van der Waals surface area contributed by atoms with Crippen LogP contribution in [0.2, 0.25) is 0 Å². The monoisotopic (exact) mass is 279 g/mol. The Morgan fingerprint density at radius 2 is 1.95 bits per heavy atom. The first kappa shape index (κ1) is 16.5. The van der Waals surface area contributed by atoms with E-state index >= 15 is 0 Å². The normalized spacial score (nSPS) is 13.9. The molecular weight excluding hydrogens is 254 g/mol. The molecule has 1 aromatic rings. The summed E-state index contributed by atoms with van der Waals surface area (Å²) in [6.07, 6.45) is -0.551. The van der Waals surface area contributed by atoms with Crippen molar-refractivity contribution in [3.05, 3.63) is 29.8 Å². The number of carbonyl (C=O) groups excluding carboxylic acids is 1. The predicted octanol–water partition coefficient (Wildman–Crippen LogP) is 2.67. The highest BCUT2D eigenvalue weighted by atomic mass is 16.5. The molecule has 1 aromatic carbocycles. The highest BCUT2D eigenvalue weighted by molar-refractivity contribution is 5.80. The third kappa shape index (κ3) is 4.85. The Hall–Kier alpha value is -1.55. The number of aliphatic hydroxyl groups excluding tert-OH is 1. The minimum absolute atomic E-state index is 0.139. The summed E-state index contributed by atoms with van der Waals surface area (Å²) in [5, 5.41) is 12.8. The lowest BCUT2D eigenvalue weighted by Crippen LogP contribution is -2.38. The molecule has 0 fully saturated rings.